The number of rotatable bonds is 2. The molecule has 3 heterocycles. The van der Waals surface area contributed by atoms with E-state index in [2.05, 4.69) is 15.0 Å². The van der Waals surface area contributed by atoms with Crippen LogP contribution in [0.5, 0.6) is 0 Å². The van der Waals surface area contributed by atoms with Crippen LogP contribution in [-0.2, 0) is 4.74 Å². The molecule has 3 rings (SSSR count). The molecule has 0 amide bonds. The van der Waals surface area contributed by atoms with Gasteiger partial charge in [0.2, 0.25) is 0 Å². The van der Waals surface area contributed by atoms with Crippen molar-refractivity contribution in [2.75, 3.05) is 6.61 Å². The Kier molecular flexibility index (Phi) is 3.42. The number of hydrogen-bond acceptors (Lipinski definition) is 6. The first-order valence-corrected chi connectivity index (χ1v) is 6.26. The smallest absolute Gasteiger partial charge is 0.394 e. The van der Waals surface area contributed by atoms with E-state index in [1.54, 1.807) is 0 Å². The zero-order valence-electron chi connectivity index (χ0n) is 10.9. The Morgan fingerprint density at radius 1 is 1.41 bits per heavy atom. The third kappa shape index (κ3) is 2.17. The standard InChI is InChI=1S/C11H11F3N4O4/c12-11(13,14)5-7(20)4(1-19)22-10(5)18-3-17-6-8(18)15-2-16-9(6)21/h2-5,7,10,19-20H,1H2,(H,15,16,21)/t4-,5+,7-,10-/m1/s1. The minimum atomic E-state index is -4.77. The number of ether oxygens (including phenoxy) is 1. The summed E-state index contributed by atoms with van der Waals surface area (Å²) in [5.74, 6) is -2.27. The van der Waals surface area contributed by atoms with Gasteiger partial charge in [-0.25, -0.2) is 9.97 Å². The van der Waals surface area contributed by atoms with Crippen molar-refractivity contribution in [2.45, 2.75) is 24.6 Å². The highest BCUT2D eigenvalue weighted by Crippen LogP contribution is 2.45. The van der Waals surface area contributed by atoms with E-state index in [1.807, 2.05) is 0 Å². The van der Waals surface area contributed by atoms with Gasteiger partial charge >= 0.3 is 6.18 Å². The fourth-order valence-corrected chi connectivity index (χ4v) is 2.54. The number of H-pyrrole nitrogens is 1. The molecule has 1 aliphatic rings. The van der Waals surface area contributed by atoms with Gasteiger partial charge in [0.15, 0.2) is 17.4 Å². The largest absolute Gasteiger partial charge is 0.398 e. The summed E-state index contributed by atoms with van der Waals surface area (Å²) >= 11 is 0. The maximum absolute atomic E-state index is 13.2. The number of aliphatic hydroxyl groups excluding tert-OH is 2. The number of imidazole rings is 1. The van der Waals surface area contributed by atoms with Crippen LogP contribution in [-0.4, -0.2) is 54.7 Å². The average molecular weight is 320 g/mol. The molecule has 22 heavy (non-hydrogen) atoms. The summed E-state index contributed by atoms with van der Waals surface area (Å²) in [7, 11) is 0. The second-order valence-corrected chi connectivity index (χ2v) is 4.86. The Hall–Kier alpha value is -1.98. The molecule has 0 spiro atoms. The molecule has 0 unspecified atom stereocenters. The van der Waals surface area contributed by atoms with Gasteiger partial charge in [0.25, 0.3) is 5.56 Å². The molecule has 4 atom stereocenters. The molecule has 1 fully saturated rings. The lowest BCUT2D eigenvalue weighted by atomic mass is 9.99. The van der Waals surface area contributed by atoms with Gasteiger partial charge in [0.1, 0.15) is 12.0 Å². The number of nitrogens with one attached hydrogen (secondary N) is 1. The van der Waals surface area contributed by atoms with Gasteiger partial charge in [-0.1, -0.05) is 0 Å². The number of nitrogens with zero attached hydrogens (tertiary/aromatic N) is 3. The maximum atomic E-state index is 13.2. The molecule has 120 valence electrons. The Morgan fingerprint density at radius 3 is 2.77 bits per heavy atom. The maximum Gasteiger partial charge on any atom is 0.398 e. The lowest BCUT2D eigenvalue weighted by Crippen LogP contribution is -2.38. The monoisotopic (exact) mass is 320 g/mol. The van der Waals surface area contributed by atoms with Gasteiger partial charge < -0.3 is 19.9 Å². The highest BCUT2D eigenvalue weighted by atomic mass is 19.4. The van der Waals surface area contributed by atoms with Crippen molar-refractivity contribution in [1.82, 2.24) is 19.5 Å². The fourth-order valence-electron chi connectivity index (χ4n) is 2.54. The Morgan fingerprint density at radius 2 is 2.14 bits per heavy atom. The number of fused-ring (bicyclic) bond motifs is 1. The summed E-state index contributed by atoms with van der Waals surface area (Å²) < 4.78 is 45.6. The van der Waals surface area contributed by atoms with Crippen LogP contribution in [0, 0.1) is 5.92 Å². The van der Waals surface area contributed by atoms with Gasteiger partial charge in [0.05, 0.1) is 25.4 Å². The van der Waals surface area contributed by atoms with E-state index in [9.17, 15) is 23.1 Å². The van der Waals surface area contributed by atoms with Crippen molar-refractivity contribution in [3.8, 4) is 0 Å². The summed E-state index contributed by atoms with van der Waals surface area (Å²) in [6.07, 6.45) is -7.76. The van der Waals surface area contributed by atoms with Gasteiger partial charge in [-0.15, -0.1) is 0 Å². The average Bonchev–Trinajstić information content (AvgIpc) is 2.99. The lowest BCUT2D eigenvalue weighted by molar-refractivity contribution is -0.210. The van der Waals surface area contributed by atoms with E-state index in [0.29, 0.717) is 0 Å². The summed E-state index contributed by atoms with van der Waals surface area (Å²) in [5.41, 5.74) is -0.854. The molecule has 2 aromatic rings. The molecule has 0 radical (unpaired) electrons. The third-order valence-electron chi connectivity index (χ3n) is 3.57. The topological polar surface area (TPSA) is 113 Å². The number of aromatic nitrogens is 4. The van der Waals surface area contributed by atoms with Crippen molar-refractivity contribution >= 4 is 11.2 Å². The predicted octanol–water partition coefficient (Wildman–Crippen LogP) is -0.451. The number of alkyl halides is 3. The number of aromatic amines is 1. The van der Waals surface area contributed by atoms with Crippen LogP contribution in [0.4, 0.5) is 13.2 Å². The van der Waals surface area contributed by atoms with Crippen LogP contribution in [0.15, 0.2) is 17.4 Å². The molecule has 1 saturated heterocycles. The zero-order chi connectivity index (χ0) is 16.1. The van der Waals surface area contributed by atoms with Crippen molar-refractivity contribution in [2.24, 2.45) is 5.92 Å². The molecule has 8 nitrogen and oxygen atoms in total. The first-order chi connectivity index (χ1) is 10.3. The number of hydrogen-bond donors (Lipinski definition) is 3. The van der Waals surface area contributed by atoms with Crippen LogP contribution in [0.3, 0.4) is 0 Å². The van der Waals surface area contributed by atoms with Crippen molar-refractivity contribution in [1.29, 1.82) is 0 Å². The fraction of sp³-hybridized carbons (Fsp3) is 0.545. The predicted molar refractivity (Wildman–Crippen MR) is 64.7 cm³/mol. The molecule has 0 bridgehead atoms. The molecule has 1 aliphatic heterocycles. The second kappa shape index (κ2) is 5.04. The minimum Gasteiger partial charge on any atom is -0.394 e. The van der Waals surface area contributed by atoms with Gasteiger partial charge in [-0.2, -0.15) is 13.2 Å². The van der Waals surface area contributed by atoms with Crippen molar-refractivity contribution in [3.05, 3.63) is 23.0 Å². The van der Waals surface area contributed by atoms with E-state index < -0.39 is 42.7 Å². The van der Waals surface area contributed by atoms with Crippen LogP contribution >= 0.6 is 0 Å². The van der Waals surface area contributed by atoms with Gasteiger partial charge in [-0.3, -0.25) is 9.36 Å². The quantitative estimate of drug-likeness (QED) is 0.691. The van der Waals surface area contributed by atoms with Gasteiger partial charge in [0, 0.05) is 0 Å². The lowest BCUT2D eigenvalue weighted by Gasteiger charge is -2.23. The highest BCUT2D eigenvalue weighted by molar-refractivity contribution is 5.68. The zero-order valence-corrected chi connectivity index (χ0v) is 10.9. The number of halogens is 3. The summed E-state index contributed by atoms with van der Waals surface area (Å²) in [6, 6.07) is 0. The minimum absolute atomic E-state index is 0.103. The molecular formula is C11H11F3N4O4. The Balaban J connectivity index is 2.11. The van der Waals surface area contributed by atoms with E-state index >= 15 is 0 Å². The number of aliphatic hydroxyl groups is 2. The Bertz CT molecular complexity index is 743. The first-order valence-electron chi connectivity index (χ1n) is 6.26. The SMILES string of the molecule is O=c1[nH]cnc2c1ncn2[C@@H]1O[C@H](CO)[C@@H](O)[C@@H]1C(F)(F)F. The summed E-state index contributed by atoms with van der Waals surface area (Å²) in [4.78, 5) is 21.3. The highest BCUT2D eigenvalue weighted by Gasteiger charge is 2.58. The van der Waals surface area contributed by atoms with Gasteiger partial charge in [-0.05, 0) is 0 Å². The molecule has 11 heteroatoms. The Labute approximate surface area is 120 Å². The van der Waals surface area contributed by atoms with Crippen LogP contribution in [0.1, 0.15) is 6.23 Å². The van der Waals surface area contributed by atoms with Crippen molar-refractivity contribution < 1.29 is 28.1 Å². The molecule has 0 aliphatic carbocycles. The van der Waals surface area contributed by atoms with Crippen LogP contribution < -0.4 is 5.56 Å². The van der Waals surface area contributed by atoms with Crippen LogP contribution in [0.2, 0.25) is 0 Å². The second-order valence-electron chi connectivity index (χ2n) is 4.86. The van der Waals surface area contributed by atoms with E-state index in [4.69, 9.17) is 9.84 Å². The van der Waals surface area contributed by atoms with E-state index in [0.717, 1.165) is 17.2 Å². The summed E-state index contributed by atoms with van der Waals surface area (Å²) in [6.45, 7) is -0.773. The molecular weight excluding hydrogens is 309 g/mol. The summed E-state index contributed by atoms with van der Waals surface area (Å²) in [5, 5.41) is 18.8. The van der Waals surface area contributed by atoms with E-state index in [-0.39, 0.29) is 11.2 Å². The normalized spacial score (nSPS) is 29.3. The molecule has 0 saturated carbocycles. The molecule has 0 aromatic carbocycles. The third-order valence-corrected chi connectivity index (χ3v) is 3.57. The molecule has 2 aromatic heterocycles. The van der Waals surface area contributed by atoms with Crippen molar-refractivity contribution in [3.63, 3.8) is 0 Å². The first kappa shape index (κ1) is 14.9. The van der Waals surface area contributed by atoms with E-state index in [1.165, 1.54) is 0 Å². The molecule has 3 N–H and O–H groups in total. The van der Waals surface area contributed by atoms with Crippen LogP contribution in [0.25, 0.3) is 11.2 Å².